The zero-order valence-corrected chi connectivity index (χ0v) is 20.0. The van der Waals surface area contributed by atoms with Gasteiger partial charge in [-0.2, -0.15) is 13.2 Å². The predicted molar refractivity (Wildman–Crippen MR) is 131 cm³/mol. The normalized spacial score (nSPS) is 18.5. The monoisotopic (exact) mass is 500 g/mol. The molecule has 9 heteroatoms. The fourth-order valence-corrected chi connectivity index (χ4v) is 5.88. The summed E-state index contributed by atoms with van der Waals surface area (Å²) in [5, 5.41) is 4.08. The number of halogens is 3. The van der Waals surface area contributed by atoms with E-state index in [1.54, 1.807) is 12.3 Å². The minimum Gasteiger partial charge on any atom is -0.350 e. The number of carbonyl (C=O) groups is 1. The summed E-state index contributed by atoms with van der Waals surface area (Å²) >= 11 is 1.44. The number of amides is 1. The highest BCUT2D eigenvalue weighted by Gasteiger charge is 2.30. The molecule has 1 fully saturated rings. The van der Waals surface area contributed by atoms with Gasteiger partial charge in [0.2, 0.25) is 0 Å². The van der Waals surface area contributed by atoms with Gasteiger partial charge in [-0.15, -0.1) is 0 Å². The van der Waals surface area contributed by atoms with Crippen molar-refractivity contribution in [1.29, 1.82) is 0 Å². The van der Waals surface area contributed by atoms with Crippen LogP contribution >= 0.6 is 11.8 Å². The van der Waals surface area contributed by atoms with Crippen LogP contribution in [-0.4, -0.2) is 45.9 Å². The molecule has 4 heterocycles. The number of rotatable bonds is 7. The molecule has 1 N–H and O–H groups in total. The van der Waals surface area contributed by atoms with Crippen molar-refractivity contribution in [1.82, 2.24) is 19.6 Å². The molecule has 1 amide bonds. The number of nitrogens with zero attached hydrogens (tertiary/aromatic N) is 3. The summed E-state index contributed by atoms with van der Waals surface area (Å²) in [4.78, 5) is 20.4. The fourth-order valence-electron chi connectivity index (χ4n) is 4.87. The van der Waals surface area contributed by atoms with Crippen molar-refractivity contribution in [2.75, 3.05) is 19.6 Å². The summed E-state index contributed by atoms with van der Waals surface area (Å²) in [6.45, 7) is 2.31. The predicted octanol–water partition coefficient (Wildman–Crippen LogP) is 5.40. The van der Waals surface area contributed by atoms with Crippen LogP contribution in [0.5, 0.6) is 0 Å². The number of nitrogens with one attached hydrogen (secondary N) is 1. The maximum Gasteiger partial charge on any atom is 0.416 e. The van der Waals surface area contributed by atoms with Crippen molar-refractivity contribution in [2.24, 2.45) is 0 Å². The van der Waals surface area contributed by atoms with Gasteiger partial charge in [-0.3, -0.25) is 14.1 Å². The molecule has 184 valence electrons. The molecule has 0 radical (unpaired) electrons. The zero-order chi connectivity index (χ0) is 24.4. The molecule has 1 saturated heterocycles. The number of piperidine rings is 1. The Kier molecular flexibility index (Phi) is 6.88. The average Bonchev–Trinajstić information content (AvgIpc) is 3.27. The number of alkyl halides is 3. The molecule has 0 bridgehead atoms. The maximum atomic E-state index is 13.0. The maximum absolute atomic E-state index is 13.0. The van der Waals surface area contributed by atoms with Gasteiger partial charge in [0.05, 0.1) is 27.4 Å². The highest BCUT2D eigenvalue weighted by molar-refractivity contribution is 8.04. The van der Waals surface area contributed by atoms with Crippen LogP contribution in [0.25, 0.3) is 11.7 Å². The van der Waals surface area contributed by atoms with E-state index in [0.717, 1.165) is 61.2 Å². The molecule has 1 unspecified atom stereocenters. The van der Waals surface area contributed by atoms with Gasteiger partial charge in [0.25, 0.3) is 5.91 Å². The number of pyridine rings is 1. The van der Waals surface area contributed by atoms with Gasteiger partial charge < -0.3 is 5.32 Å². The first-order chi connectivity index (χ1) is 16.9. The Bertz CT molecular complexity index is 1250. The number of aromatic nitrogens is 2. The van der Waals surface area contributed by atoms with Crippen LogP contribution in [0.2, 0.25) is 0 Å². The van der Waals surface area contributed by atoms with Gasteiger partial charge in [-0.1, -0.05) is 42.4 Å². The summed E-state index contributed by atoms with van der Waals surface area (Å²) in [6.07, 6.45) is 3.93. The number of likely N-dealkylation sites (tertiary alicyclic amines) is 1. The minimum atomic E-state index is -4.32. The minimum absolute atomic E-state index is 0.0889. The van der Waals surface area contributed by atoms with E-state index in [-0.39, 0.29) is 11.9 Å². The second-order valence-corrected chi connectivity index (χ2v) is 10.1. The van der Waals surface area contributed by atoms with Crippen LogP contribution in [0.1, 0.15) is 42.5 Å². The lowest BCUT2D eigenvalue weighted by molar-refractivity contribution is -0.137. The third-order valence-corrected chi connectivity index (χ3v) is 7.70. The summed E-state index contributed by atoms with van der Waals surface area (Å²) in [6, 6.07) is 11.7. The number of aryl methyl sites for hydroxylation is 1. The van der Waals surface area contributed by atoms with Crippen molar-refractivity contribution < 1.29 is 18.0 Å². The van der Waals surface area contributed by atoms with Gasteiger partial charge in [0.1, 0.15) is 5.65 Å². The Balaban J connectivity index is 1.16. The Hall–Kier alpha value is -2.78. The van der Waals surface area contributed by atoms with Crippen molar-refractivity contribution in [3.63, 3.8) is 0 Å². The SMILES string of the molecule is O=C(NCC1CCCCN1CCCc1cccc(C(F)(F)F)c1)C1=Cc2cnc3cccc(n23)S1. The van der Waals surface area contributed by atoms with E-state index in [1.165, 1.54) is 23.9 Å². The lowest BCUT2D eigenvalue weighted by Gasteiger charge is -2.36. The smallest absolute Gasteiger partial charge is 0.350 e. The van der Waals surface area contributed by atoms with E-state index in [2.05, 4.69) is 15.2 Å². The van der Waals surface area contributed by atoms with Gasteiger partial charge in [0, 0.05) is 12.6 Å². The fraction of sp³-hybridized carbons (Fsp3) is 0.385. The molecule has 3 aromatic rings. The van der Waals surface area contributed by atoms with Gasteiger partial charge in [-0.05, 0) is 68.6 Å². The summed E-state index contributed by atoms with van der Waals surface area (Å²) in [5.74, 6) is -0.0889. The molecule has 0 saturated carbocycles. The van der Waals surface area contributed by atoms with E-state index in [9.17, 15) is 18.0 Å². The van der Waals surface area contributed by atoms with E-state index in [0.29, 0.717) is 23.4 Å². The van der Waals surface area contributed by atoms with E-state index < -0.39 is 11.7 Å². The van der Waals surface area contributed by atoms with Crippen molar-refractivity contribution in [3.8, 4) is 0 Å². The Morgan fingerprint density at radius 2 is 2.03 bits per heavy atom. The second-order valence-electron chi connectivity index (χ2n) is 9.05. The number of carbonyl (C=O) groups excluding carboxylic acids is 1. The first kappa shape index (κ1) is 23.9. The summed E-state index contributed by atoms with van der Waals surface area (Å²) in [7, 11) is 0. The first-order valence-corrected chi connectivity index (χ1v) is 12.7. The molecule has 2 aromatic heterocycles. The van der Waals surface area contributed by atoms with Gasteiger partial charge in [-0.25, -0.2) is 4.98 Å². The lowest BCUT2D eigenvalue weighted by atomic mass is 10.0. The molecule has 1 atom stereocenters. The number of thioether (sulfide) groups is 1. The zero-order valence-electron chi connectivity index (χ0n) is 19.2. The average molecular weight is 501 g/mol. The molecule has 0 spiro atoms. The van der Waals surface area contributed by atoms with E-state index >= 15 is 0 Å². The molecule has 5 rings (SSSR count). The molecule has 0 aliphatic carbocycles. The van der Waals surface area contributed by atoms with Crippen LogP contribution < -0.4 is 5.32 Å². The van der Waals surface area contributed by atoms with Gasteiger partial charge in [0.15, 0.2) is 0 Å². The summed E-state index contributed by atoms with van der Waals surface area (Å²) < 4.78 is 41.0. The van der Waals surface area contributed by atoms with Crippen LogP contribution in [0.15, 0.2) is 58.6 Å². The van der Waals surface area contributed by atoms with Crippen molar-refractivity contribution in [3.05, 3.63) is 70.4 Å². The Labute approximate surface area is 206 Å². The third-order valence-electron chi connectivity index (χ3n) is 6.65. The molecular formula is C26H27F3N4OS. The standard InChI is InChI=1S/C26H27F3N4OS/c27-26(28,29)19-8-3-6-18(14-19)7-5-13-32-12-2-1-9-20(32)16-31-25(34)22-15-21-17-30-23-10-4-11-24(35-22)33(21)23/h3-4,6,8,10-11,14-15,17,20H,1-2,5,7,9,12-13,16H2,(H,31,34). The van der Waals surface area contributed by atoms with Crippen molar-refractivity contribution in [2.45, 2.75) is 49.3 Å². The van der Waals surface area contributed by atoms with Crippen LogP contribution in [0, 0.1) is 0 Å². The highest BCUT2D eigenvalue weighted by Crippen LogP contribution is 2.34. The molecule has 35 heavy (non-hydrogen) atoms. The largest absolute Gasteiger partial charge is 0.416 e. The number of imidazole rings is 1. The van der Waals surface area contributed by atoms with Crippen LogP contribution in [0.3, 0.4) is 0 Å². The molecule has 5 nitrogen and oxygen atoms in total. The highest BCUT2D eigenvalue weighted by atomic mass is 32.2. The summed E-state index contributed by atoms with van der Waals surface area (Å²) in [5.41, 5.74) is 1.87. The molecular weight excluding hydrogens is 473 g/mol. The van der Waals surface area contributed by atoms with Crippen molar-refractivity contribution >= 4 is 29.4 Å². The van der Waals surface area contributed by atoms with E-state index in [1.807, 2.05) is 28.7 Å². The van der Waals surface area contributed by atoms with Gasteiger partial charge >= 0.3 is 6.18 Å². The first-order valence-electron chi connectivity index (χ1n) is 11.9. The lowest BCUT2D eigenvalue weighted by Crippen LogP contribution is -2.47. The van der Waals surface area contributed by atoms with E-state index in [4.69, 9.17) is 0 Å². The molecule has 1 aromatic carbocycles. The second kappa shape index (κ2) is 10.1. The quantitative estimate of drug-likeness (QED) is 0.472. The number of hydrogen-bond acceptors (Lipinski definition) is 4. The van der Waals surface area contributed by atoms with Crippen LogP contribution in [-0.2, 0) is 17.4 Å². The topological polar surface area (TPSA) is 49.6 Å². The van der Waals surface area contributed by atoms with Crippen LogP contribution in [0.4, 0.5) is 13.2 Å². The number of hydrogen-bond donors (Lipinski definition) is 1. The number of benzene rings is 1. The third kappa shape index (κ3) is 5.41. The molecule has 2 aliphatic heterocycles. The Morgan fingerprint density at radius 1 is 1.17 bits per heavy atom. The molecule has 2 aliphatic rings. The Morgan fingerprint density at radius 3 is 2.89 bits per heavy atom.